The van der Waals surface area contributed by atoms with Crippen LogP contribution in [-0.4, -0.2) is 24.9 Å². The van der Waals surface area contributed by atoms with Crippen molar-refractivity contribution in [2.75, 3.05) is 13.2 Å². The van der Waals surface area contributed by atoms with Crippen LogP contribution in [0.3, 0.4) is 0 Å². The van der Waals surface area contributed by atoms with Crippen LogP contribution in [0.4, 0.5) is 0 Å². The summed E-state index contributed by atoms with van der Waals surface area (Å²) >= 11 is 0. The molecular weight excluding hydrogens is 128 g/mol. The van der Waals surface area contributed by atoms with Crippen LogP contribution in [0.2, 0.25) is 0 Å². The minimum atomic E-state index is 0.0613. The third-order valence-corrected chi connectivity index (χ3v) is 2.24. The van der Waals surface area contributed by atoms with Gasteiger partial charge in [0.25, 0.3) is 0 Å². The van der Waals surface area contributed by atoms with Gasteiger partial charge in [-0.15, -0.1) is 0 Å². The zero-order chi connectivity index (χ0) is 7.19. The second-order valence-electron chi connectivity index (χ2n) is 3.21. The monoisotopic (exact) mass is 140 g/mol. The molecule has 0 N–H and O–H groups in total. The lowest BCUT2D eigenvalue weighted by Gasteiger charge is -1.97. The van der Waals surface area contributed by atoms with E-state index in [9.17, 15) is 0 Å². The van der Waals surface area contributed by atoms with E-state index in [1.165, 1.54) is 0 Å². The second kappa shape index (κ2) is 1.83. The van der Waals surface area contributed by atoms with Gasteiger partial charge in [-0.05, 0) is 12.5 Å². The van der Waals surface area contributed by atoms with Crippen LogP contribution in [0.25, 0.3) is 0 Å². The first kappa shape index (κ1) is 6.38. The first-order valence-electron chi connectivity index (χ1n) is 3.66. The maximum Gasteiger partial charge on any atom is 0.124 e. The molecule has 2 rings (SSSR count). The molecule has 0 aromatic heterocycles. The average Bonchev–Trinajstić information content (AvgIpc) is 2.32. The quantitative estimate of drug-likeness (QED) is 0.402. The minimum Gasteiger partial charge on any atom is -0.378 e. The van der Waals surface area contributed by atoms with Crippen LogP contribution in [0, 0.1) is 0 Å². The van der Waals surface area contributed by atoms with Gasteiger partial charge in [0.15, 0.2) is 0 Å². The fraction of sp³-hybridized carbons (Fsp3) is 0.750. The summed E-state index contributed by atoms with van der Waals surface area (Å²) in [6, 6.07) is 0. The van der Waals surface area contributed by atoms with E-state index in [-0.39, 0.29) is 11.7 Å². The molecule has 2 unspecified atom stereocenters. The zero-order valence-corrected chi connectivity index (χ0v) is 6.22. The van der Waals surface area contributed by atoms with Gasteiger partial charge in [-0.2, -0.15) is 0 Å². The van der Waals surface area contributed by atoms with Gasteiger partial charge in [0.2, 0.25) is 0 Å². The van der Waals surface area contributed by atoms with Crippen molar-refractivity contribution in [2.24, 2.45) is 0 Å². The zero-order valence-electron chi connectivity index (χ0n) is 6.22. The van der Waals surface area contributed by atoms with Gasteiger partial charge in [-0.3, -0.25) is 0 Å². The molecule has 2 heterocycles. The molecule has 10 heavy (non-hydrogen) atoms. The van der Waals surface area contributed by atoms with Crippen LogP contribution in [0.1, 0.15) is 13.3 Å². The maximum absolute atomic E-state index is 5.50. The molecule has 2 fully saturated rings. The fourth-order valence-corrected chi connectivity index (χ4v) is 1.61. The molecule has 2 atom stereocenters. The second-order valence-corrected chi connectivity index (χ2v) is 3.21. The molecule has 0 bridgehead atoms. The van der Waals surface area contributed by atoms with Gasteiger partial charge in [0.1, 0.15) is 11.7 Å². The predicted octanol–water partition coefficient (Wildman–Crippen LogP) is 1.12. The molecule has 2 aliphatic heterocycles. The highest BCUT2D eigenvalue weighted by Crippen LogP contribution is 2.46. The Morgan fingerprint density at radius 2 is 2.50 bits per heavy atom. The van der Waals surface area contributed by atoms with E-state index in [1.54, 1.807) is 0 Å². The SMILES string of the molecule is C=C(C)C1OC12CCOC2. The Hall–Kier alpha value is -0.340. The van der Waals surface area contributed by atoms with Gasteiger partial charge in [-0.1, -0.05) is 6.58 Å². The van der Waals surface area contributed by atoms with E-state index in [0.29, 0.717) is 0 Å². The summed E-state index contributed by atoms with van der Waals surface area (Å²) in [5, 5.41) is 0. The van der Waals surface area contributed by atoms with Gasteiger partial charge in [0.05, 0.1) is 6.61 Å². The minimum absolute atomic E-state index is 0.0613. The van der Waals surface area contributed by atoms with Crippen molar-refractivity contribution in [3.05, 3.63) is 12.2 Å². The molecule has 0 aromatic carbocycles. The van der Waals surface area contributed by atoms with Crippen LogP contribution < -0.4 is 0 Å². The Labute approximate surface area is 60.8 Å². The van der Waals surface area contributed by atoms with Gasteiger partial charge in [0, 0.05) is 13.0 Å². The van der Waals surface area contributed by atoms with Gasteiger partial charge in [-0.25, -0.2) is 0 Å². The number of rotatable bonds is 1. The molecule has 2 heteroatoms. The highest BCUT2D eigenvalue weighted by Gasteiger charge is 2.58. The summed E-state index contributed by atoms with van der Waals surface area (Å²) in [6.45, 7) is 7.49. The van der Waals surface area contributed by atoms with Crippen molar-refractivity contribution in [2.45, 2.75) is 25.0 Å². The van der Waals surface area contributed by atoms with E-state index in [2.05, 4.69) is 6.58 Å². The predicted molar refractivity (Wildman–Crippen MR) is 37.9 cm³/mol. The molecule has 2 saturated heterocycles. The molecule has 0 saturated carbocycles. The molecular formula is C8H12O2. The highest BCUT2D eigenvalue weighted by molar-refractivity contribution is 5.20. The van der Waals surface area contributed by atoms with Crippen molar-refractivity contribution < 1.29 is 9.47 Å². The maximum atomic E-state index is 5.50. The van der Waals surface area contributed by atoms with Crippen molar-refractivity contribution >= 4 is 0 Å². The first-order valence-corrected chi connectivity index (χ1v) is 3.66. The summed E-state index contributed by atoms with van der Waals surface area (Å²) in [5.41, 5.74) is 1.19. The molecule has 2 aliphatic rings. The Kier molecular flexibility index (Phi) is 1.17. The molecule has 56 valence electrons. The van der Waals surface area contributed by atoms with Crippen molar-refractivity contribution in [3.8, 4) is 0 Å². The van der Waals surface area contributed by atoms with Crippen molar-refractivity contribution in [1.29, 1.82) is 0 Å². The molecule has 1 spiro atoms. The summed E-state index contributed by atoms with van der Waals surface area (Å²) in [7, 11) is 0. The van der Waals surface area contributed by atoms with Crippen LogP contribution in [0.15, 0.2) is 12.2 Å². The highest BCUT2D eigenvalue weighted by atomic mass is 16.6. The van der Waals surface area contributed by atoms with Crippen molar-refractivity contribution in [3.63, 3.8) is 0 Å². The lowest BCUT2D eigenvalue weighted by molar-refractivity contribution is 0.171. The number of hydrogen-bond donors (Lipinski definition) is 0. The standard InChI is InChI=1S/C8H12O2/c1-6(2)7-8(10-7)3-4-9-5-8/h7H,1,3-5H2,2H3. The van der Waals surface area contributed by atoms with Crippen molar-refractivity contribution in [1.82, 2.24) is 0 Å². The summed E-state index contributed by atoms with van der Waals surface area (Å²) in [4.78, 5) is 0. The largest absolute Gasteiger partial charge is 0.378 e. The summed E-state index contributed by atoms with van der Waals surface area (Å²) in [6.07, 6.45) is 1.33. The van der Waals surface area contributed by atoms with Crippen LogP contribution in [-0.2, 0) is 9.47 Å². The topological polar surface area (TPSA) is 21.8 Å². The number of hydrogen-bond acceptors (Lipinski definition) is 2. The Morgan fingerprint density at radius 3 is 2.90 bits per heavy atom. The fourth-order valence-electron chi connectivity index (χ4n) is 1.61. The Morgan fingerprint density at radius 1 is 1.70 bits per heavy atom. The number of ether oxygens (including phenoxy) is 2. The Bertz CT molecular complexity index is 168. The van der Waals surface area contributed by atoms with Crippen LogP contribution >= 0.6 is 0 Å². The first-order chi connectivity index (χ1) is 4.75. The molecule has 0 aromatic rings. The Balaban J connectivity index is 2.04. The normalized spacial score (nSPS) is 44.3. The van der Waals surface area contributed by atoms with E-state index in [4.69, 9.17) is 9.47 Å². The summed E-state index contributed by atoms with van der Waals surface area (Å²) in [5.74, 6) is 0. The van der Waals surface area contributed by atoms with E-state index in [1.807, 2.05) is 6.92 Å². The lowest BCUT2D eigenvalue weighted by Crippen LogP contribution is -2.14. The van der Waals surface area contributed by atoms with Gasteiger partial charge >= 0.3 is 0 Å². The molecule has 2 nitrogen and oxygen atoms in total. The molecule has 0 amide bonds. The van der Waals surface area contributed by atoms with E-state index >= 15 is 0 Å². The van der Waals surface area contributed by atoms with Crippen LogP contribution in [0.5, 0.6) is 0 Å². The molecule has 0 aliphatic carbocycles. The summed E-state index contributed by atoms with van der Waals surface area (Å²) < 4.78 is 10.7. The third-order valence-electron chi connectivity index (χ3n) is 2.24. The van der Waals surface area contributed by atoms with Gasteiger partial charge < -0.3 is 9.47 Å². The number of epoxide rings is 1. The smallest absolute Gasteiger partial charge is 0.124 e. The van der Waals surface area contributed by atoms with E-state index in [0.717, 1.165) is 25.2 Å². The van der Waals surface area contributed by atoms with E-state index < -0.39 is 0 Å². The third kappa shape index (κ3) is 0.724. The average molecular weight is 140 g/mol. The lowest BCUT2D eigenvalue weighted by atomic mass is 10.0. The molecule has 0 radical (unpaired) electrons.